The maximum atomic E-state index is 12.8. The summed E-state index contributed by atoms with van der Waals surface area (Å²) >= 11 is 6.19. The van der Waals surface area contributed by atoms with Crippen LogP contribution in [0.5, 0.6) is 11.5 Å². The minimum absolute atomic E-state index is 0.0699. The zero-order valence-electron chi connectivity index (χ0n) is 12.7. The number of nitrogens with two attached hydrogens (primary N) is 1. The highest BCUT2D eigenvalue weighted by atomic mass is 35.5. The van der Waals surface area contributed by atoms with Gasteiger partial charge in [0.1, 0.15) is 11.1 Å². The number of ether oxygens (including phenoxy) is 2. The van der Waals surface area contributed by atoms with Gasteiger partial charge in [-0.1, -0.05) is 11.6 Å². The molecule has 0 saturated carbocycles. The summed E-state index contributed by atoms with van der Waals surface area (Å²) in [4.78, 5) is 26.1. The SMILES string of the molecule is CNC1(C(N)=O)CCN(C(=O)c2c(Cl)ccc3c2OCO3)CC1. The Kier molecular flexibility index (Phi) is 4.08. The lowest BCUT2D eigenvalue weighted by Gasteiger charge is -2.39. The second kappa shape index (κ2) is 5.90. The predicted octanol–water partition coefficient (Wildman–Crippen LogP) is 0.748. The normalized spacial score (nSPS) is 18.8. The summed E-state index contributed by atoms with van der Waals surface area (Å²) < 4.78 is 10.7. The van der Waals surface area contributed by atoms with Gasteiger partial charge in [-0.3, -0.25) is 9.59 Å². The summed E-state index contributed by atoms with van der Waals surface area (Å²) in [5, 5.41) is 3.30. The lowest BCUT2D eigenvalue weighted by molar-refractivity contribution is -0.126. The Morgan fingerprint density at radius 2 is 2.00 bits per heavy atom. The molecule has 124 valence electrons. The largest absolute Gasteiger partial charge is 0.454 e. The van der Waals surface area contributed by atoms with Crippen molar-refractivity contribution in [2.45, 2.75) is 18.4 Å². The van der Waals surface area contributed by atoms with Crippen LogP contribution in [0.3, 0.4) is 0 Å². The third-order valence-corrected chi connectivity index (χ3v) is 4.87. The van der Waals surface area contributed by atoms with Crippen molar-refractivity contribution in [2.24, 2.45) is 5.73 Å². The van der Waals surface area contributed by atoms with E-state index in [9.17, 15) is 9.59 Å². The maximum absolute atomic E-state index is 12.8. The van der Waals surface area contributed by atoms with Gasteiger partial charge in [-0.2, -0.15) is 0 Å². The summed E-state index contributed by atoms with van der Waals surface area (Å²) in [6, 6.07) is 3.30. The van der Waals surface area contributed by atoms with Crippen LogP contribution < -0.4 is 20.5 Å². The monoisotopic (exact) mass is 339 g/mol. The van der Waals surface area contributed by atoms with Crippen LogP contribution in [0.25, 0.3) is 0 Å². The predicted molar refractivity (Wildman–Crippen MR) is 83.7 cm³/mol. The van der Waals surface area contributed by atoms with E-state index >= 15 is 0 Å². The lowest BCUT2D eigenvalue weighted by Crippen LogP contribution is -2.60. The fourth-order valence-electron chi connectivity index (χ4n) is 3.02. The highest BCUT2D eigenvalue weighted by Gasteiger charge is 2.40. The second-order valence-electron chi connectivity index (χ2n) is 5.64. The maximum Gasteiger partial charge on any atom is 0.259 e. The van der Waals surface area contributed by atoms with Crippen molar-refractivity contribution in [3.63, 3.8) is 0 Å². The summed E-state index contributed by atoms with van der Waals surface area (Å²) in [5.41, 5.74) is 5.02. The van der Waals surface area contributed by atoms with E-state index < -0.39 is 11.4 Å². The van der Waals surface area contributed by atoms with Crippen LogP contribution in [0, 0.1) is 0 Å². The van der Waals surface area contributed by atoms with Gasteiger partial charge in [0.2, 0.25) is 12.7 Å². The molecule has 0 atom stereocenters. The number of amides is 2. The summed E-state index contributed by atoms with van der Waals surface area (Å²) in [6.07, 6.45) is 0.906. The van der Waals surface area contributed by atoms with Crippen LogP contribution in [0.15, 0.2) is 12.1 Å². The third-order valence-electron chi connectivity index (χ3n) is 4.56. The van der Waals surface area contributed by atoms with E-state index in [0.717, 1.165) is 0 Å². The fourth-order valence-corrected chi connectivity index (χ4v) is 3.25. The molecule has 0 aromatic heterocycles. The van der Waals surface area contributed by atoms with E-state index in [-0.39, 0.29) is 12.7 Å². The van der Waals surface area contributed by atoms with Crippen molar-refractivity contribution < 1.29 is 19.1 Å². The number of hydrogen-bond acceptors (Lipinski definition) is 5. The summed E-state index contributed by atoms with van der Waals surface area (Å²) in [6.45, 7) is 0.882. The van der Waals surface area contributed by atoms with E-state index in [0.29, 0.717) is 48.0 Å². The third kappa shape index (κ3) is 2.60. The zero-order chi connectivity index (χ0) is 16.6. The molecular weight excluding hydrogens is 322 g/mol. The summed E-state index contributed by atoms with van der Waals surface area (Å²) in [7, 11) is 1.70. The number of nitrogens with one attached hydrogen (secondary N) is 1. The number of rotatable bonds is 3. The number of fused-ring (bicyclic) bond motifs is 1. The molecule has 1 saturated heterocycles. The van der Waals surface area contributed by atoms with Gasteiger partial charge < -0.3 is 25.4 Å². The Morgan fingerprint density at radius 3 is 2.61 bits per heavy atom. The molecule has 0 bridgehead atoms. The molecule has 1 aromatic carbocycles. The van der Waals surface area contributed by atoms with Crippen molar-refractivity contribution in [1.29, 1.82) is 0 Å². The Bertz CT molecular complexity index is 656. The molecule has 2 aliphatic rings. The first-order valence-corrected chi connectivity index (χ1v) is 7.72. The second-order valence-corrected chi connectivity index (χ2v) is 6.05. The topological polar surface area (TPSA) is 93.9 Å². The molecular formula is C15H18ClN3O4. The van der Waals surface area contributed by atoms with Crippen LogP contribution in [0.2, 0.25) is 5.02 Å². The molecule has 1 fully saturated rings. The number of hydrogen-bond donors (Lipinski definition) is 2. The average molecular weight is 340 g/mol. The molecule has 3 N–H and O–H groups in total. The van der Waals surface area contributed by atoms with E-state index in [1.54, 1.807) is 24.1 Å². The van der Waals surface area contributed by atoms with Gasteiger partial charge in [0.15, 0.2) is 11.5 Å². The van der Waals surface area contributed by atoms with Gasteiger partial charge >= 0.3 is 0 Å². The van der Waals surface area contributed by atoms with Gasteiger partial charge in [-0.05, 0) is 32.0 Å². The number of nitrogens with zero attached hydrogens (tertiary/aromatic N) is 1. The molecule has 0 radical (unpaired) electrons. The van der Waals surface area contributed by atoms with Gasteiger partial charge in [-0.15, -0.1) is 0 Å². The number of likely N-dealkylation sites (N-methyl/N-ethyl adjacent to an activating group) is 1. The van der Waals surface area contributed by atoms with Gasteiger partial charge in [0.05, 0.1) is 5.02 Å². The minimum atomic E-state index is -0.765. The molecule has 1 aromatic rings. The van der Waals surface area contributed by atoms with Gasteiger partial charge in [-0.25, -0.2) is 0 Å². The van der Waals surface area contributed by atoms with Crippen LogP contribution in [-0.2, 0) is 4.79 Å². The van der Waals surface area contributed by atoms with Crippen LogP contribution in [-0.4, -0.2) is 49.2 Å². The smallest absolute Gasteiger partial charge is 0.259 e. The molecule has 0 spiro atoms. The van der Waals surface area contributed by atoms with Crippen molar-refractivity contribution >= 4 is 23.4 Å². The zero-order valence-corrected chi connectivity index (χ0v) is 13.5. The Morgan fingerprint density at radius 1 is 1.30 bits per heavy atom. The summed E-state index contributed by atoms with van der Waals surface area (Å²) in [5.74, 6) is 0.258. The first kappa shape index (κ1) is 15.9. The molecule has 7 nitrogen and oxygen atoms in total. The standard InChI is InChI=1S/C15H18ClN3O4/c1-18-15(14(17)21)4-6-19(7-5-15)13(20)11-9(16)2-3-10-12(11)23-8-22-10/h2-3,18H,4-8H2,1H3,(H2,17,21). The number of piperidine rings is 1. The first-order valence-electron chi connectivity index (χ1n) is 7.35. The fraction of sp³-hybridized carbons (Fsp3) is 0.467. The van der Waals surface area contributed by atoms with E-state index in [1.807, 2.05) is 0 Å². The number of primary amides is 1. The molecule has 3 rings (SSSR count). The van der Waals surface area contributed by atoms with Gasteiger partial charge in [0, 0.05) is 13.1 Å². The van der Waals surface area contributed by atoms with Crippen LogP contribution in [0.1, 0.15) is 23.2 Å². The first-order chi connectivity index (χ1) is 11.0. The van der Waals surface area contributed by atoms with Crippen LogP contribution in [0.4, 0.5) is 0 Å². The molecule has 2 amide bonds. The van der Waals surface area contributed by atoms with Crippen molar-refractivity contribution in [2.75, 3.05) is 26.9 Å². The highest BCUT2D eigenvalue weighted by molar-refractivity contribution is 6.34. The highest BCUT2D eigenvalue weighted by Crippen LogP contribution is 2.40. The number of likely N-dealkylation sites (tertiary alicyclic amines) is 1. The Hall–Kier alpha value is -1.99. The quantitative estimate of drug-likeness (QED) is 0.847. The number of carbonyl (C=O) groups is 2. The van der Waals surface area contributed by atoms with E-state index in [1.165, 1.54) is 0 Å². The number of halogens is 1. The minimum Gasteiger partial charge on any atom is -0.454 e. The Balaban J connectivity index is 1.81. The molecule has 0 unspecified atom stereocenters. The number of carbonyl (C=O) groups excluding carboxylic acids is 2. The average Bonchev–Trinajstić information content (AvgIpc) is 3.02. The molecule has 2 heterocycles. The van der Waals surface area contributed by atoms with Crippen molar-refractivity contribution in [3.05, 3.63) is 22.7 Å². The van der Waals surface area contributed by atoms with Crippen molar-refractivity contribution in [1.82, 2.24) is 10.2 Å². The van der Waals surface area contributed by atoms with Crippen molar-refractivity contribution in [3.8, 4) is 11.5 Å². The number of benzene rings is 1. The van der Waals surface area contributed by atoms with Crippen LogP contribution >= 0.6 is 11.6 Å². The van der Waals surface area contributed by atoms with E-state index in [2.05, 4.69) is 5.32 Å². The molecule has 0 aliphatic carbocycles. The lowest BCUT2D eigenvalue weighted by atomic mass is 9.86. The van der Waals surface area contributed by atoms with E-state index in [4.69, 9.17) is 26.8 Å². The van der Waals surface area contributed by atoms with Gasteiger partial charge in [0.25, 0.3) is 5.91 Å². The Labute approximate surface area is 138 Å². The molecule has 2 aliphatic heterocycles. The molecule has 8 heteroatoms. The molecule has 23 heavy (non-hydrogen) atoms.